The van der Waals surface area contributed by atoms with Gasteiger partial charge in [-0.1, -0.05) is 18.9 Å². The van der Waals surface area contributed by atoms with Crippen LogP contribution < -0.4 is 21.9 Å². The van der Waals surface area contributed by atoms with Crippen LogP contribution >= 0.6 is 0 Å². The Bertz CT molecular complexity index is 1280. The van der Waals surface area contributed by atoms with E-state index in [4.69, 9.17) is 10.7 Å². The molecule has 4 aromatic rings. The number of aryl methyl sites for hydroxylation is 1. The number of aromatic amines is 2. The average molecular weight is 403 g/mol. The van der Waals surface area contributed by atoms with Gasteiger partial charge in [-0.25, -0.2) is 10.1 Å². The van der Waals surface area contributed by atoms with Gasteiger partial charge >= 0.3 is 0 Å². The second-order valence-corrected chi connectivity index (χ2v) is 8.04. The SMILES string of the molecule is Cc1ccc(Nc2nc(N[C@@H]3CCCCC3N)cc3cn[nH]c(=O)c23)c2cc[nH]c12. The van der Waals surface area contributed by atoms with E-state index in [1.54, 1.807) is 6.20 Å². The molecule has 0 aliphatic heterocycles. The fourth-order valence-corrected chi connectivity index (χ4v) is 4.35. The molecule has 0 bridgehead atoms. The number of nitrogens with two attached hydrogens (primary N) is 1. The van der Waals surface area contributed by atoms with Crippen molar-refractivity contribution in [1.29, 1.82) is 0 Å². The monoisotopic (exact) mass is 403 g/mol. The Balaban J connectivity index is 1.59. The molecule has 1 aliphatic carbocycles. The van der Waals surface area contributed by atoms with Gasteiger partial charge < -0.3 is 21.4 Å². The van der Waals surface area contributed by atoms with Crippen LogP contribution in [0.25, 0.3) is 21.7 Å². The van der Waals surface area contributed by atoms with Crippen molar-refractivity contribution in [3.63, 3.8) is 0 Å². The molecule has 30 heavy (non-hydrogen) atoms. The first kappa shape index (κ1) is 18.6. The topological polar surface area (TPSA) is 125 Å². The van der Waals surface area contributed by atoms with Crippen LogP contribution in [-0.2, 0) is 0 Å². The lowest BCUT2D eigenvalue weighted by Crippen LogP contribution is -2.42. The minimum Gasteiger partial charge on any atom is -0.366 e. The maximum absolute atomic E-state index is 12.6. The van der Waals surface area contributed by atoms with Gasteiger partial charge in [-0.05, 0) is 43.5 Å². The number of benzene rings is 1. The van der Waals surface area contributed by atoms with Gasteiger partial charge in [0.1, 0.15) is 11.6 Å². The molecule has 2 atom stereocenters. The normalized spacial score (nSPS) is 19.3. The summed E-state index contributed by atoms with van der Waals surface area (Å²) in [6.45, 7) is 2.06. The highest BCUT2D eigenvalue weighted by Gasteiger charge is 2.22. The lowest BCUT2D eigenvalue weighted by molar-refractivity contribution is 0.403. The molecule has 1 aromatic carbocycles. The largest absolute Gasteiger partial charge is 0.366 e. The number of nitrogens with one attached hydrogen (secondary N) is 4. The molecule has 3 aromatic heterocycles. The lowest BCUT2D eigenvalue weighted by atomic mass is 9.91. The molecular weight excluding hydrogens is 378 g/mol. The van der Waals surface area contributed by atoms with Gasteiger partial charge in [-0.3, -0.25) is 4.79 Å². The summed E-state index contributed by atoms with van der Waals surface area (Å²) >= 11 is 0. The quantitative estimate of drug-likeness (QED) is 0.355. The minimum absolute atomic E-state index is 0.0986. The fraction of sp³-hybridized carbons (Fsp3) is 0.318. The predicted molar refractivity (Wildman–Crippen MR) is 120 cm³/mol. The first-order chi connectivity index (χ1) is 14.6. The summed E-state index contributed by atoms with van der Waals surface area (Å²) < 4.78 is 0. The first-order valence-electron chi connectivity index (χ1n) is 10.3. The number of H-pyrrole nitrogens is 2. The van der Waals surface area contributed by atoms with Crippen LogP contribution in [0.5, 0.6) is 0 Å². The molecular formula is C22H25N7O. The number of anilines is 3. The van der Waals surface area contributed by atoms with E-state index in [1.165, 1.54) is 0 Å². The Morgan fingerprint density at radius 3 is 2.93 bits per heavy atom. The Labute approximate surface area is 173 Å². The number of rotatable bonds is 4. The van der Waals surface area contributed by atoms with Crippen molar-refractivity contribution in [3.8, 4) is 0 Å². The van der Waals surface area contributed by atoms with E-state index in [2.05, 4.69) is 32.7 Å². The smallest absolute Gasteiger partial charge is 0.275 e. The third kappa shape index (κ3) is 3.29. The van der Waals surface area contributed by atoms with E-state index >= 15 is 0 Å². The van der Waals surface area contributed by atoms with Crippen LogP contribution in [0.3, 0.4) is 0 Å². The molecule has 6 N–H and O–H groups in total. The highest BCUT2D eigenvalue weighted by Crippen LogP contribution is 2.31. The van der Waals surface area contributed by atoms with Gasteiger partial charge in [0.25, 0.3) is 5.56 Å². The molecule has 1 saturated carbocycles. The Hall–Kier alpha value is -3.39. The zero-order valence-electron chi connectivity index (χ0n) is 16.8. The molecule has 0 radical (unpaired) electrons. The van der Waals surface area contributed by atoms with Crippen LogP contribution in [0.1, 0.15) is 31.2 Å². The molecule has 8 nitrogen and oxygen atoms in total. The van der Waals surface area contributed by atoms with Gasteiger partial charge in [0, 0.05) is 34.7 Å². The second kappa shape index (κ2) is 7.46. The van der Waals surface area contributed by atoms with Crippen molar-refractivity contribution in [2.75, 3.05) is 10.6 Å². The molecule has 0 saturated heterocycles. The molecule has 154 valence electrons. The van der Waals surface area contributed by atoms with Crippen LogP contribution in [0, 0.1) is 6.92 Å². The Morgan fingerprint density at radius 2 is 2.07 bits per heavy atom. The molecule has 1 fully saturated rings. The highest BCUT2D eigenvalue weighted by atomic mass is 16.1. The number of fused-ring (bicyclic) bond motifs is 2. The highest BCUT2D eigenvalue weighted by molar-refractivity contribution is 5.99. The number of hydrogen-bond donors (Lipinski definition) is 5. The van der Waals surface area contributed by atoms with Crippen molar-refractivity contribution in [3.05, 3.63) is 52.6 Å². The Morgan fingerprint density at radius 1 is 1.20 bits per heavy atom. The van der Waals surface area contributed by atoms with Gasteiger partial charge in [-0.15, -0.1) is 0 Å². The van der Waals surface area contributed by atoms with Crippen molar-refractivity contribution >= 4 is 39.0 Å². The number of pyridine rings is 1. The average Bonchev–Trinajstić information content (AvgIpc) is 3.23. The van der Waals surface area contributed by atoms with E-state index in [9.17, 15) is 4.79 Å². The van der Waals surface area contributed by atoms with Crippen LogP contribution in [0.2, 0.25) is 0 Å². The molecule has 8 heteroatoms. The lowest BCUT2D eigenvalue weighted by Gasteiger charge is -2.30. The van der Waals surface area contributed by atoms with E-state index in [1.807, 2.05) is 30.5 Å². The Kier molecular flexibility index (Phi) is 4.63. The van der Waals surface area contributed by atoms with Gasteiger partial charge in [0.2, 0.25) is 0 Å². The summed E-state index contributed by atoms with van der Waals surface area (Å²) in [5.74, 6) is 1.19. The van der Waals surface area contributed by atoms with Gasteiger partial charge in [-0.2, -0.15) is 5.10 Å². The molecule has 0 amide bonds. The second-order valence-electron chi connectivity index (χ2n) is 8.04. The summed E-state index contributed by atoms with van der Waals surface area (Å²) in [6, 6.07) is 8.19. The summed E-state index contributed by atoms with van der Waals surface area (Å²) in [6.07, 6.45) is 7.90. The summed E-state index contributed by atoms with van der Waals surface area (Å²) in [7, 11) is 0. The van der Waals surface area contributed by atoms with E-state index < -0.39 is 0 Å². The molecule has 5 rings (SSSR count). The zero-order chi connectivity index (χ0) is 20.7. The molecule has 1 unspecified atom stereocenters. The summed E-state index contributed by atoms with van der Waals surface area (Å²) in [5, 5.41) is 15.6. The van der Waals surface area contributed by atoms with E-state index in [-0.39, 0.29) is 17.6 Å². The summed E-state index contributed by atoms with van der Waals surface area (Å²) in [4.78, 5) is 20.6. The van der Waals surface area contributed by atoms with Gasteiger partial charge in [0.15, 0.2) is 0 Å². The fourth-order valence-electron chi connectivity index (χ4n) is 4.35. The van der Waals surface area contributed by atoms with Crippen molar-refractivity contribution in [2.45, 2.75) is 44.7 Å². The van der Waals surface area contributed by atoms with Crippen molar-refractivity contribution < 1.29 is 0 Å². The van der Waals surface area contributed by atoms with Crippen LogP contribution in [-0.4, -0.2) is 32.2 Å². The number of nitrogens with zero attached hydrogens (tertiary/aromatic N) is 2. The molecule has 1 aliphatic rings. The zero-order valence-corrected chi connectivity index (χ0v) is 16.8. The third-order valence-electron chi connectivity index (χ3n) is 5.98. The molecule has 0 spiro atoms. The summed E-state index contributed by atoms with van der Waals surface area (Å²) in [5.41, 5.74) is 9.13. The number of hydrogen-bond acceptors (Lipinski definition) is 6. The third-order valence-corrected chi connectivity index (χ3v) is 5.98. The maximum atomic E-state index is 12.6. The van der Waals surface area contributed by atoms with E-state index in [0.29, 0.717) is 17.0 Å². The van der Waals surface area contributed by atoms with Crippen LogP contribution in [0.4, 0.5) is 17.3 Å². The maximum Gasteiger partial charge on any atom is 0.275 e. The van der Waals surface area contributed by atoms with Crippen molar-refractivity contribution in [1.82, 2.24) is 20.2 Å². The van der Waals surface area contributed by atoms with Crippen molar-refractivity contribution in [2.24, 2.45) is 5.73 Å². The standard InChI is InChI=1S/C22H25N7O/c1-12-6-7-16(14-8-9-24-20(12)14)27-21-19-13(11-25-29-22(19)30)10-18(28-21)26-17-5-3-2-4-15(17)23/h6-11,15,17,24H,2-5,23H2,1H3,(H,29,30)(H2,26,27,28)/t15?,17-/m1/s1. The predicted octanol–water partition coefficient (Wildman–Crippen LogP) is 3.53. The van der Waals surface area contributed by atoms with Gasteiger partial charge in [0.05, 0.1) is 17.1 Å². The number of aromatic nitrogens is 4. The van der Waals surface area contributed by atoms with Crippen LogP contribution in [0.15, 0.2) is 41.5 Å². The first-order valence-corrected chi connectivity index (χ1v) is 10.3. The molecule has 3 heterocycles. The van der Waals surface area contributed by atoms with E-state index in [0.717, 1.165) is 53.2 Å². The minimum atomic E-state index is -0.277.